The average molecular weight is 196 g/mol. The van der Waals surface area contributed by atoms with E-state index in [1.54, 1.807) is 6.92 Å². The van der Waals surface area contributed by atoms with Crippen molar-refractivity contribution in [3.8, 4) is 0 Å². The van der Waals surface area contributed by atoms with Gasteiger partial charge in [0.2, 0.25) is 0 Å². The molecule has 0 aromatic carbocycles. The summed E-state index contributed by atoms with van der Waals surface area (Å²) in [7, 11) is 0. The van der Waals surface area contributed by atoms with Crippen molar-refractivity contribution in [2.75, 3.05) is 6.61 Å². The fraction of sp³-hybridized carbons (Fsp3) is 0.875. The molecule has 5 heteroatoms. The summed E-state index contributed by atoms with van der Waals surface area (Å²) in [6.45, 7) is 0.210. The molecule has 0 aliphatic rings. The van der Waals surface area contributed by atoms with Gasteiger partial charge in [-0.3, -0.25) is 4.79 Å². The molecule has 0 bridgehead atoms. The van der Waals surface area contributed by atoms with Crippen LogP contribution in [0.2, 0.25) is 0 Å². The number of carboxylic acids is 1. The SMILES string of the molecule is CCC(COC(F)F)C(C)C(=O)O. The first-order chi connectivity index (χ1) is 5.99. The summed E-state index contributed by atoms with van der Waals surface area (Å²) < 4.78 is 27.3. The third-order valence-electron chi connectivity index (χ3n) is 2.06. The molecule has 0 amide bonds. The van der Waals surface area contributed by atoms with Crippen LogP contribution in [0.25, 0.3) is 0 Å². The summed E-state index contributed by atoms with van der Waals surface area (Å²) in [4.78, 5) is 10.5. The van der Waals surface area contributed by atoms with Crippen LogP contribution in [0.5, 0.6) is 0 Å². The second-order valence-electron chi connectivity index (χ2n) is 2.89. The Balaban J connectivity index is 3.94. The number of alkyl halides is 2. The van der Waals surface area contributed by atoms with E-state index in [4.69, 9.17) is 5.11 Å². The highest BCUT2D eigenvalue weighted by atomic mass is 19.3. The van der Waals surface area contributed by atoms with Gasteiger partial charge < -0.3 is 9.84 Å². The first-order valence-corrected chi connectivity index (χ1v) is 4.11. The van der Waals surface area contributed by atoms with Gasteiger partial charge in [-0.2, -0.15) is 8.78 Å². The van der Waals surface area contributed by atoms with Crippen molar-refractivity contribution < 1.29 is 23.4 Å². The lowest BCUT2D eigenvalue weighted by Crippen LogP contribution is -2.25. The fourth-order valence-corrected chi connectivity index (χ4v) is 1.01. The molecule has 0 fully saturated rings. The summed E-state index contributed by atoms with van der Waals surface area (Å²) in [5.41, 5.74) is 0. The molecule has 2 atom stereocenters. The van der Waals surface area contributed by atoms with Crippen LogP contribution in [-0.2, 0) is 9.53 Å². The highest BCUT2D eigenvalue weighted by Crippen LogP contribution is 2.17. The van der Waals surface area contributed by atoms with Crippen molar-refractivity contribution in [2.45, 2.75) is 26.9 Å². The molecule has 13 heavy (non-hydrogen) atoms. The molecule has 0 aliphatic carbocycles. The van der Waals surface area contributed by atoms with Gasteiger partial charge in [-0.15, -0.1) is 0 Å². The zero-order valence-electron chi connectivity index (χ0n) is 7.67. The maximum atomic E-state index is 11.6. The van der Waals surface area contributed by atoms with Crippen molar-refractivity contribution >= 4 is 5.97 Å². The van der Waals surface area contributed by atoms with E-state index in [1.165, 1.54) is 6.92 Å². The van der Waals surface area contributed by atoms with E-state index >= 15 is 0 Å². The molecule has 0 spiro atoms. The predicted molar refractivity (Wildman–Crippen MR) is 42.5 cm³/mol. The third-order valence-corrected chi connectivity index (χ3v) is 2.06. The zero-order valence-corrected chi connectivity index (χ0v) is 7.67. The topological polar surface area (TPSA) is 46.5 Å². The first kappa shape index (κ1) is 12.3. The van der Waals surface area contributed by atoms with Gasteiger partial charge in [0.15, 0.2) is 0 Å². The lowest BCUT2D eigenvalue weighted by atomic mass is 9.93. The van der Waals surface area contributed by atoms with Crippen LogP contribution < -0.4 is 0 Å². The summed E-state index contributed by atoms with van der Waals surface area (Å²) in [5.74, 6) is -1.99. The number of hydrogen-bond acceptors (Lipinski definition) is 2. The molecular formula is C8H14F2O3. The number of aliphatic carboxylic acids is 1. The zero-order chi connectivity index (χ0) is 10.4. The Morgan fingerprint density at radius 2 is 2.08 bits per heavy atom. The Labute approximate surface area is 75.7 Å². The lowest BCUT2D eigenvalue weighted by Gasteiger charge is -2.18. The van der Waals surface area contributed by atoms with Gasteiger partial charge >= 0.3 is 12.6 Å². The highest BCUT2D eigenvalue weighted by molar-refractivity contribution is 5.69. The third kappa shape index (κ3) is 4.77. The van der Waals surface area contributed by atoms with Gasteiger partial charge in [0, 0.05) is 0 Å². The fourth-order valence-electron chi connectivity index (χ4n) is 1.01. The largest absolute Gasteiger partial charge is 0.481 e. The Kier molecular flexibility index (Phi) is 5.53. The molecule has 0 aromatic heterocycles. The van der Waals surface area contributed by atoms with E-state index in [1.807, 2.05) is 0 Å². The standard InChI is InChI=1S/C8H14F2O3/c1-3-6(4-13-8(9)10)5(2)7(11)12/h5-6,8H,3-4H2,1-2H3,(H,11,12). The van der Waals surface area contributed by atoms with Crippen molar-refractivity contribution in [2.24, 2.45) is 11.8 Å². The number of hydrogen-bond donors (Lipinski definition) is 1. The predicted octanol–water partition coefficient (Wildman–Crippen LogP) is 1.97. The number of halogens is 2. The van der Waals surface area contributed by atoms with Crippen molar-refractivity contribution in [1.82, 2.24) is 0 Å². The Bertz CT molecular complexity index is 161. The van der Waals surface area contributed by atoms with Crippen LogP contribution in [0.3, 0.4) is 0 Å². The van der Waals surface area contributed by atoms with Crippen LogP contribution in [0, 0.1) is 11.8 Å². The van der Waals surface area contributed by atoms with Crippen LogP contribution in [0.1, 0.15) is 20.3 Å². The maximum Gasteiger partial charge on any atom is 0.345 e. The van der Waals surface area contributed by atoms with Crippen LogP contribution >= 0.6 is 0 Å². The molecule has 0 saturated carbocycles. The Morgan fingerprint density at radius 3 is 2.38 bits per heavy atom. The summed E-state index contributed by atoms with van der Waals surface area (Å²) in [6.07, 6.45) is 0.514. The van der Waals surface area contributed by atoms with Gasteiger partial charge in [-0.05, 0) is 5.92 Å². The first-order valence-electron chi connectivity index (χ1n) is 4.11. The number of ether oxygens (including phenoxy) is 1. The minimum atomic E-state index is -2.82. The van der Waals surface area contributed by atoms with Gasteiger partial charge in [0.05, 0.1) is 12.5 Å². The number of rotatable bonds is 6. The van der Waals surface area contributed by atoms with E-state index < -0.39 is 18.5 Å². The average Bonchev–Trinajstić information content (AvgIpc) is 2.04. The molecule has 78 valence electrons. The van der Waals surface area contributed by atoms with E-state index in [-0.39, 0.29) is 12.5 Å². The maximum absolute atomic E-state index is 11.6. The van der Waals surface area contributed by atoms with Gasteiger partial charge in [-0.25, -0.2) is 0 Å². The van der Waals surface area contributed by atoms with Crippen LogP contribution in [0.15, 0.2) is 0 Å². The molecule has 0 aliphatic heterocycles. The minimum Gasteiger partial charge on any atom is -0.481 e. The monoisotopic (exact) mass is 196 g/mol. The van der Waals surface area contributed by atoms with Crippen LogP contribution in [0.4, 0.5) is 8.78 Å². The summed E-state index contributed by atoms with van der Waals surface area (Å²) >= 11 is 0. The Hall–Kier alpha value is -0.710. The Morgan fingerprint density at radius 1 is 1.54 bits per heavy atom. The van der Waals surface area contributed by atoms with Gasteiger partial charge in [0.1, 0.15) is 0 Å². The molecule has 0 heterocycles. The van der Waals surface area contributed by atoms with Crippen LogP contribution in [-0.4, -0.2) is 24.3 Å². The highest BCUT2D eigenvalue weighted by Gasteiger charge is 2.23. The molecular weight excluding hydrogens is 182 g/mol. The molecule has 0 radical (unpaired) electrons. The molecule has 1 N–H and O–H groups in total. The van der Waals surface area contributed by atoms with E-state index in [0.717, 1.165) is 0 Å². The van der Waals surface area contributed by atoms with Gasteiger partial charge in [0.25, 0.3) is 0 Å². The molecule has 0 rings (SSSR count). The van der Waals surface area contributed by atoms with Crippen molar-refractivity contribution in [3.63, 3.8) is 0 Å². The molecule has 2 unspecified atom stereocenters. The quantitative estimate of drug-likeness (QED) is 0.706. The van der Waals surface area contributed by atoms with Crippen molar-refractivity contribution in [3.05, 3.63) is 0 Å². The second-order valence-corrected chi connectivity index (χ2v) is 2.89. The lowest BCUT2D eigenvalue weighted by molar-refractivity contribution is -0.155. The van der Waals surface area contributed by atoms with E-state index in [0.29, 0.717) is 6.42 Å². The van der Waals surface area contributed by atoms with Gasteiger partial charge in [-0.1, -0.05) is 20.3 Å². The molecule has 0 aromatic rings. The summed E-state index contributed by atoms with van der Waals surface area (Å²) in [6, 6.07) is 0. The molecule has 0 saturated heterocycles. The normalized spacial score (nSPS) is 15.8. The number of carbonyl (C=O) groups is 1. The number of carboxylic acid groups (broad SMARTS) is 1. The molecule has 3 nitrogen and oxygen atoms in total. The van der Waals surface area contributed by atoms with E-state index in [9.17, 15) is 13.6 Å². The second kappa shape index (κ2) is 5.85. The van der Waals surface area contributed by atoms with E-state index in [2.05, 4.69) is 4.74 Å². The summed E-state index contributed by atoms with van der Waals surface area (Å²) in [5, 5.41) is 8.61. The minimum absolute atomic E-state index is 0.207. The van der Waals surface area contributed by atoms with Crippen molar-refractivity contribution in [1.29, 1.82) is 0 Å². The smallest absolute Gasteiger partial charge is 0.345 e.